The number of halogens is 2. The zero-order valence-corrected chi connectivity index (χ0v) is 23.1. The molecule has 0 saturated carbocycles. The number of nitrogens with zero attached hydrogens (tertiary/aromatic N) is 2. The van der Waals surface area contributed by atoms with Crippen molar-refractivity contribution in [3.05, 3.63) is 94.8 Å². The molecule has 10 heteroatoms. The number of rotatable bonds is 11. The van der Waals surface area contributed by atoms with Crippen molar-refractivity contribution in [1.82, 2.24) is 10.2 Å². The molecule has 0 aromatic heterocycles. The first-order chi connectivity index (χ1) is 18.1. The highest BCUT2D eigenvalue weighted by molar-refractivity contribution is 7.92. The lowest BCUT2D eigenvalue weighted by Gasteiger charge is -2.33. The predicted octanol–water partition coefficient (Wildman–Crippen LogP) is 4.93. The summed E-state index contributed by atoms with van der Waals surface area (Å²) in [6, 6.07) is 17.1. The summed E-state index contributed by atoms with van der Waals surface area (Å²) >= 11 is 6.01. The molecule has 0 heterocycles. The Bertz CT molecular complexity index is 1350. The third kappa shape index (κ3) is 7.11. The fraction of sp³-hybridized carbons (Fsp3) is 0.286. The molecule has 7 nitrogen and oxygen atoms in total. The minimum absolute atomic E-state index is 0.0137. The van der Waals surface area contributed by atoms with Crippen molar-refractivity contribution < 1.29 is 22.4 Å². The summed E-state index contributed by atoms with van der Waals surface area (Å²) in [5.41, 5.74) is 1.72. The van der Waals surface area contributed by atoms with Crippen molar-refractivity contribution >= 4 is 39.1 Å². The van der Waals surface area contributed by atoms with E-state index in [1.165, 1.54) is 29.2 Å². The number of likely N-dealkylation sites (N-methyl/N-ethyl adjacent to an activating group) is 1. The van der Waals surface area contributed by atoms with Gasteiger partial charge in [-0.3, -0.25) is 13.9 Å². The van der Waals surface area contributed by atoms with Crippen molar-refractivity contribution in [2.45, 2.75) is 44.7 Å². The van der Waals surface area contributed by atoms with E-state index in [1.807, 2.05) is 6.92 Å². The molecule has 1 unspecified atom stereocenters. The highest BCUT2D eigenvalue weighted by Gasteiger charge is 2.33. The number of benzene rings is 3. The van der Waals surface area contributed by atoms with Crippen molar-refractivity contribution in [1.29, 1.82) is 0 Å². The average Bonchev–Trinajstić information content (AvgIpc) is 2.89. The van der Waals surface area contributed by atoms with Crippen molar-refractivity contribution in [2.75, 3.05) is 17.4 Å². The molecule has 1 atom stereocenters. The van der Waals surface area contributed by atoms with Gasteiger partial charge in [-0.25, -0.2) is 12.8 Å². The molecule has 3 aromatic carbocycles. The molecule has 3 rings (SSSR count). The largest absolute Gasteiger partial charge is 0.355 e. The fourth-order valence-corrected chi connectivity index (χ4v) is 5.51. The number of sulfonamides is 1. The lowest BCUT2D eigenvalue weighted by atomic mass is 10.1. The Hall–Kier alpha value is -3.43. The number of hydrogen-bond donors (Lipinski definition) is 1. The van der Waals surface area contributed by atoms with Gasteiger partial charge in [-0.1, -0.05) is 48.4 Å². The highest BCUT2D eigenvalue weighted by atomic mass is 35.5. The maximum absolute atomic E-state index is 13.8. The van der Waals surface area contributed by atoms with Crippen molar-refractivity contribution in [3.8, 4) is 0 Å². The minimum atomic E-state index is -4.21. The van der Waals surface area contributed by atoms with Crippen LogP contribution in [0.15, 0.2) is 77.7 Å². The van der Waals surface area contributed by atoms with Crippen LogP contribution in [-0.4, -0.2) is 44.3 Å². The van der Waals surface area contributed by atoms with E-state index in [9.17, 15) is 22.4 Å². The monoisotopic (exact) mass is 559 g/mol. The molecule has 0 aliphatic heterocycles. The van der Waals surface area contributed by atoms with E-state index < -0.39 is 34.3 Å². The Labute approximate surface area is 228 Å². The molecule has 2 amide bonds. The van der Waals surface area contributed by atoms with Gasteiger partial charge in [0.2, 0.25) is 11.8 Å². The smallest absolute Gasteiger partial charge is 0.264 e. The Morgan fingerprint density at radius 1 is 0.947 bits per heavy atom. The van der Waals surface area contributed by atoms with Gasteiger partial charge in [0.15, 0.2) is 0 Å². The minimum Gasteiger partial charge on any atom is -0.355 e. The Balaban J connectivity index is 2.04. The maximum Gasteiger partial charge on any atom is 0.264 e. The summed E-state index contributed by atoms with van der Waals surface area (Å²) in [7, 11) is -4.21. The Morgan fingerprint density at radius 3 is 2.11 bits per heavy atom. The van der Waals surface area contributed by atoms with Gasteiger partial charge in [0.25, 0.3) is 10.0 Å². The number of aryl methyl sites for hydroxylation is 1. The van der Waals surface area contributed by atoms with Gasteiger partial charge in [-0.05, 0) is 74.4 Å². The summed E-state index contributed by atoms with van der Waals surface area (Å²) in [5.74, 6) is -1.47. The second-order valence-electron chi connectivity index (χ2n) is 8.77. The number of nitrogens with one attached hydrogen (secondary N) is 1. The number of amides is 2. The Morgan fingerprint density at radius 2 is 1.55 bits per heavy atom. The predicted molar refractivity (Wildman–Crippen MR) is 147 cm³/mol. The quantitative estimate of drug-likeness (QED) is 0.361. The summed E-state index contributed by atoms with van der Waals surface area (Å²) in [4.78, 5) is 28.1. The maximum atomic E-state index is 13.8. The molecule has 0 radical (unpaired) electrons. The van der Waals surface area contributed by atoms with Gasteiger partial charge in [0.1, 0.15) is 18.4 Å². The van der Waals surface area contributed by atoms with Crippen LogP contribution in [0.25, 0.3) is 0 Å². The van der Waals surface area contributed by atoms with Crippen LogP contribution in [0.5, 0.6) is 0 Å². The third-order valence-electron chi connectivity index (χ3n) is 6.01. The molecule has 0 aliphatic rings. The van der Waals surface area contributed by atoms with Crippen LogP contribution >= 0.6 is 11.6 Å². The molecule has 0 fully saturated rings. The summed E-state index contributed by atoms with van der Waals surface area (Å²) in [5, 5.41) is 3.27. The third-order valence-corrected chi connectivity index (χ3v) is 8.05. The number of carbonyl (C=O) groups excluding carboxylic acids is 2. The Kier molecular flexibility index (Phi) is 9.88. The molecule has 0 spiro atoms. The standard InChI is InChI=1S/C28H31ClFN3O4S/c1-4-26(28(35)31-5-2)32(18-21-8-10-22(29)11-9-21)27(34)19-33(24-14-12-23(30)13-15-24)38(36,37)25-16-6-20(3)7-17-25/h6-17,26H,4-5,18-19H2,1-3H3,(H,31,35). The van der Waals surface area contributed by atoms with E-state index in [0.29, 0.717) is 18.0 Å². The second kappa shape index (κ2) is 12.9. The first kappa shape index (κ1) is 29.1. The summed E-state index contributed by atoms with van der Waals surface area (Å²) in [6.07, 6.45) is 0.312. The fourth-order valence-electron chi connectivity index (χ4n) is 3.97. The van der Waals surface area contributed by atoms with E-state index in [2.05, 4.69) is 5.32 Å². The lowest BCUT2D eigenvalue weighted by molar-refractivity contribution is -0.140. The van der Waals surface area contributed by atoms with Gasteiger partial charge in [-0.15, -0.1) is 0 Å². The molecule has 1 N–H and O–H groups in total. The number of anilines is 1. The first-order valence-electron chi connectivity index (χ1n) is 12.2. The van der Waals surface area contributed by atoms with Crippen LogP contribution in [0.2, 0.25) is 5.02 Å². The van der Waals surface area contributed by atoms with Gasteiger partial charge in [0.05, 0.1) is 10.6 Å². The molecule has 0 saturated heterocycles. The van der Waals surface area contributed by atoms with E-state index in [4.69, 9.17) is 11.6 Å². The number of carbonyl (C=O) groups is 2. The highest BCUT2D eigenvalue weighted by Crippen LogP contribution is 2.25. The van der Waals surface area contributed by atoms with E-state index >= 15 is 0 Å². The second-order valence-corrected chi connectivity index (χ2v) is 11.1. The SMILES string of the molecule is CCNC(=O)C(CC)N(Cc1ccc(Cl)cc1)C(=O)CN(c1ccc(F)cc1)S(=O)(=O)c1ccc(C)cc1. The molecular formula is C28H31ClFN3O4S. The molecule has 3 aromatic rings. The summed E-state index contributed by atoms with van der Waals surface area (Å²) < 4.78 is 42.1. The number of hydrogen-bond acceptors (Lipinski definition) is 4. The van der Waals surface area contributed by atoms with Gasteiger partial charge in [0, 0.05) is 18.1 Å². The van der Waals surface area contributed by atoms with E-state index in [1.54, 1.807) is 50.2 Å². The molecule has 0 bridgehead atoms. The molecule has 38 heavy (non-hydrogen) atoms. The molecular weight excluding hydrogens is 529 g/mol. The van der Waals surface area contributed by atoms with Gasteiger partial charge >= 0.3 is 0 Å². The molecule has 0 aliphatic carbocycles. The van der Waals surface area contributed by atoms with Crippen LogP contribution in [-0.2, 0) is 26.2 Å². The van der Waals surface area contributed by atoms with E-state index in [-0.39, 0.29) is 23.0 Å². The van der Waals surface area contributed by atoms with Gasteiger partial charge < -0.3 is 10.2 Å². The van der Waals surface area contributed by atoms with Crippen LogP contribution in [0.1, 0.15) is 31.4 Å². The average molecular weight is 560 g/mol. The van der Waals surface area contributed by atoms with Crippen molar-refractivity contribution in [2.24, 2.45) is 0 Å². The first-order valence-corrected chi connectivity index (χ1v) is 14.0. The summed E-state index contributed by atoms with van der Waals surface area (Å²) in [6.45, 7) is 5.24. The zero-order chi connectivity index (χ0) is 27.9. The van der Waals surface area contributed by atoms with Crippen LogP contribution in [0.3, 0.4) is 0 Å². The van der Waals surface area contributed by atoms with E-state index in [0.717, 1.165) is 27.6 Å². The zero-order valence-electron chi connectivity index (χ0n) is 21.5. The van der Waals surface area contributed by atoms with Crippen LogP contribution in [0.4, 0.5) is 10.1 Å². The topological polar surface area (TPSA) is 86.8 Å². The van der Waals surface area contributed by atoms with Crippen molar-refractivity contribution in [3.63, 3.8) is 0 Å². The van der Waals surface area contributed by atoms with Crippen LogP contribution in [0, 0.1) is 12.7 Å². The molecule has 202 valence electrons. The normalized spacial score (nSPS) is 12.0. The van der Waals surface area contributed by atoms with Crippen LogP contribution < -0.4 is 9.62 Å². The van der Waals surface area contributed by atoms with Gasteiger partial charge in [-0.2, -0.15) is 0 Å². The lowest BCUT2D eigenvalue weighted by Crippen LogP contribution is -2.52.